The highest BCUT2D eigenvalue weighted by molar-refractivity contribution is 5.98. The van der Waals surface area contributed by atoms with Crippen molar-refractivity contribution in [3.05, 3.63) is 59.7 Å². The molecule has 0 heterocycles. The molecule has 1 atom stereocenters. The Morgan fingerprint density at radius 3 is 2.00 bits per heavy atom. The summed E-state index contributed by atoms with van der Waals surface area (Å²) in [5.41, 5.74) is 0.781. The van der Waals surface area contributed by atoms with Crippen molar-refractivity contribution in [2.24, 2.45) is 0 Å². The molecule has 8 heteroatoms. The molecule has 2 aromatic carbocycles. The number of hydrogen-bond acceptors (Lipinski definition) is 3. The van der Waals surface area contributed by atoms with Crippen LogP contribution in [0.3, 0.4) is 0 Å². The number of alkyl halides is 3. The van der Waals surface area contributed by atoms with E-state index in [0.717, 1.165) is 37.8 Å². The third-order valence-electron chi connectivity index (χ3n) is 5.20. The van der Waals surface area contributed by atoms with Crippen molar-refractivity contribution >= 4 is 11.8 Å². The first-order valence-corrected chi connectivity index (χ1v) is 9.77. The Balaban J connectivity index is 1.63. The normalized spacial score (nSPS) is 15.6. The molecule has 5 nitrogen and oxygen atoms in total. The number of rotatable bonds is 6. The third kappa shape index (κ3) is 5.38. The van der Waals surface area contributed by atoms with Crippen LogP contribution in [0, 0.1) is 0 Å². The minimum atomic E-state index is -4.40. The zero-order valence-electron chi connectivity index (χ0n) is 16.2. The average molecular weight is 420 g/mol. The van der Waals surface area contributed by atoms with Gasteiger partial charge in [0.2, 0.25) is 5.91 Å². The summed E-state index contributed by atoms with van der Waals surface area (Å²) < 4.78 is 38.0. The fraction of sp³-hybridized carbons (Fsp3) is 0.364. The molecule has 0 aliphatic heterocycles. The third-order valence-corrected chi connectivity index (χ3v) is 5.20. The van der Waals surface area contributed by atoms with Crippen LogP contribution in [-0.2, 0) is 11.0 Å². The molecule has 0 aromatic heterocycles. The number of carbonyl (C=O) groups is 2. The van der Waals surface area contributed by atoms with Gasteiger partial charge in [-0.3, -0.25) is 9.59 Å². The van der Waals surface area contributed by atoms with Gasteiger partial charge in [0.15, 0.2) is 0 Å². The van der Waals surface area contributed by atoms with E-state index >= 15 is 0 Å². The van der Waals surface area contributed by atoms with Crippen LogP contribution in [0.2, 0.25) is 0 Å². The highest BCUT2D eigenvalue weighted by Gasteiger charge is 2.30. The first kappa shape index (κ1) is 21.8. The second-order valence-electron chi connectivity index (χ2n) is 7.35. The summed E-state index contributed by atoms with van der Waals surface area (Å²) in [6.45, 7) is -0.520. The van der Waals surface area contributed by atoms with Gasteiger partial charge in [0, 0.05) is 11.6 Å². The maximum absolute atomic E-state index is 12.7. The van der Waals surface area contributed by atoms with Crippen molar-refractivity contribution in [1.82, 2.24) is 10.6 Å². The Kier molecular flexibility index (Phi) is 6.77. The van der Waals surface area contributed by atoms with Crippen LogP contribution in [0.4, 0.5) is 13.2 Å². The molecule has 1 aliphatic carbocycles. The SMILES string of the molecule is O=C(NC(CO)C(=O)NC1CCCC1)c1ccc(-c2ccc(C(F)(F)F)cc2)cc1. The molecule has 1 saturated carbocycles. The summed E-state index contributed by atoms with van der Waals surface area (Å²) in [4.78, 5) is 24.7. The Morgan fingerprint density at radius 2 is 1.50 bits per heavy atom. The van der Waals surface area contributed by atoms with Crippen molar-refractivity contribution in [2.75, 3.05) is 6.61 Å². The minimum Gasteiger partial charge on any atom is -0.394 e. The van der Waals surface area contributed by atoms with Crippen LogP contribution in [-0.4, -0.2) is 35.6 Å². The van der Waals surface area contributed by atoms with Crippen LogP contribution < -0.4 is 10.6 Å². The molecule has 3 rings (SSSR count). The Hall–Kier alpha value is -2.87. The van der Waals surface area contributed by atoms with Crippen LogP contribution in [0.1, 0.15) is 41.6 Å². The molecule has 0 spiro atoms. The van der Waals surface area contributed by atoms with E-state index in [1.54, 1.807) is 12.1 Å². The number of benzene rings is 2. The lowest BCUT2D eigenvalue weighted by atomic mass is 10.0. The maximum Gasteiger partial charge on any atom is 0.416 e. The van der Waals surface area contributed by atoms with Crippen molar-refractivity contribution in [3.63, 3.8) is 0 Å². The number of amides is 2. The van der Waals surface area contributed by atoms with Gasteiger partial charge in [0.1, 0.15) is 6.04 Å². The van der Waals surface area contributed by atoms with E-state index in [4.69, 9.17) is 0 Å². The zero-order chi connectivity index (χ0) is 21.7. The van der Waals surface area contributed by atoms with Crippen LogP contribution in [0.5, 0.6) is 0 Å². The van der Waals surface area contributed by atoms with Gasteiger partial charge < -0.3 is 15.7 Å². The Labute approximate surface area is 172 Å². The smallest absolute Gasteiger partial charge is 0.394 e. The molecular weight excluding hydrogens is 397 g/mol. The Morgan fingerprint density at radius 1 is 0.967 bits per heavy atom. The molecule has 1 aliphatic rings. The molecule has 0 saturated heterocycles. The summed E-state index contributed by atoms with van der Waals surface area (Å²) in [6.07, 6.45) is -0.515. The fourth-order valence-electron chi connectivity index (χ4n) is 3.47. The molecule has 3 N–H and O–H groups in total. The summed E-state index contributed by atoms with van der Waals surface area (Å²) >= 11 is 0. The van der Waals surface area contributed by atoms with Crippen molar-refractivity contribution in [2.45, 2.75) is 43.9 Å². The van der Waals surface area contributed by atoms with Gasteiger partial charge in [-0.25, -0.2) is 0 Å². The predicted octanol–water partition coefficient (Wildman–Crippen LogP) is 3.52. The largest absolute Gasteiger partial charge is 0.416 e. The average Bonchev–Trinajstić information content (AvgIpc) is 3.24. The van der Waals surface area contributed by atoms with Crippen molar-refractivity contribution in [1.29, 1.82) is 0 Å². The predicted molar refractivity (Wildman–Crippen MR) is 106 cm³/mol. The second kappa shape index (κ2) is 9.30. The lowest BCUT2D eigenvalue weighted by Crippen LogP contribution is -2.51. The quantitative estimate of drug-likeness (QED) is 0.669. The van der Waals surface area contributed by atoms with Crippen molar-refractivity contribution < 1.29 is 27.9 Å². The standard InChI is InChI=1S/C22H23F3N2O3/c23-22(24,25)17-11-9-15(10-12-17)14-5-7-16(8-6-14)20(29)27-19(13-28)21(30)26-18-3-1-2-4-18/h5-12,18-19,28H,1-4,13H2,(H,26,30)(H,27,29). The molecule has 1 unspecified atom stereocenters. The van der Waals surface area contributed by atoms with Gasteiger partial charge in [-0.2, -0.15) is 13.2 Å². The first-order chi connectivity index (χ1) is 14.3. The number of aliphatic hydroxyl groups excluding tert-OH is 1. The molecular formula is C22H23F3N2O3. The second-order valence-corrected chi connectivity index (χ2v) is 7.35. The number of carbonyl (C=O) groups excluding carboxylic acids is 2. The van der Waals surface area contributed by atoms with E-state index in [-0.39, 0.29) is 11.6 Å². The summed E-state index contributed by atoms with van der Waals surface area (Å²) in [5.74, 6) is -0.936. The molecule has 30 heavy (non-hydrogen) atoms. The molecule has 2 aromatic rings. The number of halogens is 3. The number of aliphatic hydroxyl groups is 1. The lowest BCUT2D eigenvalue weighted by molar-refractivity contribution is -0.137. The van der Waals surface area contributed by atoms with Gasteiger partial charge in [-0.15, -0.1) is 0 Å². The van der Waals surface area contributed by atoms with Crippen molar-refractivity contribution in [3.8, 4) is 11.1 Å². The Bertz CT molecular complexity index is 874. The summed E-state index contributed by atoms with van der Waals surface area (Å²) in [6, 6.07) is 10.0. The van der Waals surface area contributed by atoms with Gasteiger partial charge in [0.25, 0.3) is 5.91 Å². The molecule has 2 amide bonds. The zero-order valence-corrected chi connectivity index (χ0v) is 16.2. The molecule has 0 radical (unpaired) electrons. The number of nitrogens with one attached hydrogen (secondary N) is 2. The first-order valence-electron chi connectivity index (χ1n) is 9.77. The topological polar surface area (TPSA) is 78.4 Å². The molecule has 160 valence electrons. The van der Waals surface area contributed by atoms with E-state index in [2.05, 4.69) is 10.6 Å². The van der Waals surface area contributed by atoms with E-state index in [1.165, 1.54) is 24.3 Å². The van der Waals surface area contributed by atoms with E-state index in [0.29, 0.717) is 11.1 Å². The van der Waals surface area contributed by atoms with Crippen LogP contribution >= 0.6 is 0 Å². The summed E-state index contributed by atoms with van der Waals surface area (Å²) in [7, 11) is 0. The van der Waals surface area contributed by atoms with E-state index < -0.39 is 36.2 Å². The van der Waals surface area contributed by atoms with Gasteiger partial charge in [-0.05, 0) is 48.2 Å². The van der Waals surface area contributed by atoms with Gasteiger partial charge >= 0.3 is 6.18 Å². The number of hydrogen-bond donors (Lipinski definition) is 3. The highest BCUT2D eigenvalue weighted by atomic mass is 19.4. The van der Waals surface area contributed by atoms with E-state index in [9.17, 15) is 27.9 Å². The summed E-state index contributed by atoms with van der Waals surface area (Å²) in [5, 5.41) is 14.8. The molecule has 0 bridgehead atoms. The van der Waals surface area contributed by atoms with Gasteiger partial charge in [0.05, 0.1) is 12.2 Å². The van der Waals surface area contributed by atoms with Gasteiger partial charge in [-0.1, -0.05) is 37.1 Å². The minimum absolute atomic E-state index is 0.0754. The molecule has 1 fully saturated rings. The fourth-order valence-corrected chi connectivity index (χ4v) is 3.47. The lowest BCUT2D eigenvalue weighted by Gasteiger charge is -2.19. The van der Waals surface area contributed by atoms with E-state index in [1.807, 2.05) is 0 Å². The highest BCUT2D eigenvalue weighted by Crippen LogP contribution is 2.31. The van der Waals surface area contributed by atoms with Crippen LogP contribution in [0.25, 0.3) is 11.1 Å². The maximum atomic E-state index is 12.7. The van der Waals surface area contributed by atoms with Crippen LogP contribution in [0.15, 0.2) is 48.5 Å². The monoisotopic (exact) mass is 420 g/mol.